The molecule has 0 saturated carbocycles. The third kappa shape index (κ3) is 7.35. The quantitative estimate of drug-likeness (QED) is 0.168. The molecule has 2 bridgehead atoms. The molecule has 2 amide bonds. The highest BCUT2D eigenvalue weighted by atomic mass is 35.5. The van der Waals surface area contributed by atoms with E-state index < -0.39 is 11.9 Å². The van der Waals surface area contributed by atoms with E-state index in [0.717, 1.165) is 93.2 Å². The number of rotatable bonds is 9. The molecule has 2 aromatic carbocycles. The lowest BCUT2D eigenvalue weighted by Gasteiger charge is -2.42. The van der Waals surface area contributed by atoms with E-state index in [0.29, 0.717) is 35.1 Å². The van der Waals surface area contributed by atoms with Gasteiger partial charge in [-0.1, -0.05) is 18.2 Å². The van der Waals surface area contributed by atoms with Crippen molar-refractivity contribution in [2.45, 2.75) is 75.8 Å². The number of aromatic hydroxyl groups is 1. The molecule has 3 atom stereocenters. The molecule has 9 rings (SSSR count). The smallest absolute Gasteiger partial charge is 1.00 e. The molecule has 3 unspecified atom stereocenters. The van der Waals surface area contributed by atoms with Crippen LogP contribution >= 0.6 is 0 Å². The number of fused-ring (bicyclic) bond motifs is 3. The number of aromatic nitrogens is 6. The number of nitrogens with one attached hydrogen (secondary N) is 1. The predicted molar refractivity (Wildman–Crippen MR) is 217 cm³/mol. The van der Waals surface area contributed by atoms with Crippen molar-refractivity contribution in [1.29, 1.82) is 0 Å². The molecule has 4 aliphatic rings. The number of phenolic OH excluding ortho intramolecular Hbond substituents is 1. The SMILES string of the molecule is CN(Cc1ccc2c(c1)n(C)c(=O)n2C1CCC(=O)NC1=O)C1CCN(Cc2cnc(N3C4CCC3CN(c3cc(-c5ccccc5O)nnc3N)C4)nc2)CC1.[Cl-].[H+]. The number of phenols is 1. The first-order valence-corrected chi connectivity index (χ1v) is 19.8. The highest BCUT2D eigenvalue weighted by Crippen LogP contribution is 2.38. The van der Waals surface area contributed by atoms with Crippen LogP contribution < -0.4 is 38.9 Å². The average Bonchev–Trinajstić information content (AvgIpc) is 3.62. The molecule has 17 heteroatoms. The monoisotopic (exact) mass is 808 g/mol. The van der Waals surface area contributed by atoms with Crippen molar-refractivity contribution in [3.63, 3.8) is 0 Å². The Hall–Kier alpha value is -5.58. The number of likely N-dealkylation sites (tertiary alicyclic amines) is 1. The van der Waals surface area contributed by atoms with Crippen LogP contribution in [0.5, 0.6) is 5.75 Å². The number of amides is 2. The lowest BCUT2D eigenvalue weighted by molar-refractivity contribution is -0.135. The zero-order chi connectivity index (χ0) is 39.4. The van der Waals surface area contributed by atoms with Gasteiger partial charge in [0, 0.05) is 81.3 Å². The molecule has 3 aromatic heterocycles. The number of halogens is 1. The van der Waals surface area contributed by atoms with Crippen LogP contribution in [0.4, 0.5) is 17.5 Å². The molecule has 4 fully saturated rings. The van der Waals surface area contributed by atoms with Crippen LogP contribution in [0.3, 0.4) is 0 Å². The number of nitrogen functional groups attached to an aromatic ring is 1. The number of nitrogens with zero attached hydrogens (tertiary/aromatic N) is 10. The predicted octanol–water partition coefficient (Wildman–Crippen LogP) is -0.0770. The van der Waals surface area contributed by atoms with Crippen LogP contribution in [-0.2, 0) is 29.7 Å². The maximum absolute atomic E-state index is 13.2. The number of anilines is 3. The number of hydrogen-bond acceptors (Lipinski definition) is 13. The van der Waals surface area contributed by atoms with E-state index in [4.69, 9.17) is 15.7 Å². The van der Waals surface area contributed by atoms with E-state index in [-0.39, 0.29) is 49.7 Å². The van der Waals surface area contributed by atoms with Gasteiger partial charge in [-0.2, -0.15) is 0 Å². The molecule has 5 aromatic rings. The summed E-state index contributed by atoms with van der Waals surface area (Å²) in [4.78, 5) is 56.8. The van der Waals surface area contributed by atoms with Crippen molar-refractivity contribution < 1.29 is 28.5 Å². The van der Waals surface area contributed by atoms with E-state index in [1.807, 2.05) is 48.8 Å². The van der Waals surface area contributed by atoms with Crippen molar-refractivity contribution in [2.75, 3.05) is 48.8 Å². The molecular weight excluding hydrogens is 760 g/mol. The summed E-state index contributed by atoms with van der Waals surface area (Å²) in [7, 11) is 3.89. The van der Waals surface area contributed by atoms with Crippen LogP contribution in [0, 0.1) is 0 Å². The lowest BCUT2D eigenvalue weighted by Crippen LogP contribution is -3.00. The zero-order valence-corrected chi connectivity index (χ0v) is 33.4. The van der Waals surface area contributed by atoms with Gasteiger partial charge >= 0.3 is 7.12 Å². The van der Waals surface area contributed by atoms with Gasteiger partial charge in [0.25, 0.3) is 0 Å². The second kappa shape index (κ2) is 16.0. The first-order chi connectivity index (χ1) is 27.6. The Bertz CT molecular complexity index is 2390. The highest BCUT2D eigenvalue weighted by Gasteiger charge is 2.42. The lowest BCUT2D eigenvalue weighted by atomic mass is 10.0. The average molecular weight is 809 g/mol. The Morgan fingerprint density at radius 1 is 0.914 bits per heavy atom. The summed E-state index contributed by atoms with van der Waals surface area (Å²) < 4.78 is 3.12. The minimum absolute atomic E-state index is 0. The fourth-order valence-electron chi connectivity index (χ4n) is 9.39. The number of piperazine rings is 1. The molecule has 0 spiro atoms. The normalized spacial score (nSPS) is 21.5. The van der Waals surface area contributed by atoms with Crippen molar-refractivity contribution in [3.8, 4) is 17.0 Å². The summed E-state index contributed by atoms with van der Waals surface area (Å²) in [5, 5.41) is 21.3. The minimum Gasteiger partial charge on any atom is -1.00 e. The van der Waals surface area contributed by atoms with Crippen LogP contribution in [0.15, 0.2) is 65.7 Å². The summed E-state index contributed by atoms with van der Waals surface area (Å²) in [5.41, 5.74) is 11.8. The molecule has 16 nitrogen and oxygen atoms in total. The van der Waals surface area contributed by atoms with E-state index >= 15 is 0 Å². The summed E-state index contributed by atoms with van der Waals surface area (Å²) in [6, 6.07) is 15.3. The van der Waals surface area contributed by atoms with Crippen LogP contribution in [-0.4, -0.2) is 107 Å². The van der Waals surface area contributed by atoms with Crippen LogP contribution in [0.1, 0.15) is 57.1 Å². The maximum Gasteiger partial charge on any atom is 1.00 e. The summed E-state index contributed by atoms with van der Waals surface area (Å²) in [6.45, 7) is 5.05. The van der Waals surface area contributed by atoms with Gasteiger partial charge in [-0.15, -0.1) is 10.2 Å². The van der Waals surface area contributed by atoms with E-state index in [9.17, 15) is 19.5 Å². The number of hydrogen-bond donors (Lipinski definition) is 3. The van der Waals surface area contributed by atoms with Crippen LogP contribution in [0.2, 0.25) is 0 Å². The second-order valence-electron chi connectivity index (χ2n) is 16.0. The van der Waals surface area contributed by atoms with Gasteiger partial charge in [-0.05, 0) is 88.1 Å². The molecule has 58 heavy (non-hydrogen) atoms. The summed E-state index contributed by atoms with van der Waals surface area (Å²) in [6.07, 6.45) is 8.68. The highest BCUT2D eigenvalue weighted by molar-refractivity contribution is 6.00. The number of benzene rings is 2. The van der Waals surface area contributed by atoms with E-state index in [1.54, 1.807) is 23.7 Å². The molecule has 304 valence electrons. The topological polar surface area (TPSA) is 184 Å². The Balaban J connectivity index is 0.00000264. The zero-order valence-electron chi connectivity index (χ0n) is 33.7. The molecule has 0 aliphatic carbocycles. The van der Waals surface area contributed by atoms with Gasteiger partial charge in [-0.25, -0.2) is 14.8 Å². The third-order valence-corrected chi connectivity index (χ3v) is 12.4. The summed E-state index contributed by atoms with van der Waals surface area (Å²) >= 11 is 0. The van der Waals surface area contributed by atoms with Gasteiger partial charge in [0.1, 0.15) is 11.8 Å². The molecule has 0 radical (unpaired) electrons. The number of aryl methyl sites for hydroxylation is 1. The molecule has 4 N–H and O–H groups in total. The van der Waals surface area contributed by atoms with Gasteiger partial charge in [0.2, 0.25) is 17.8 Å². The van der Waals surface area contributed by atoms with Crippen molar-refractivity contribution in [1.82, 2.24) is 44.4 Å². The fraction of sp³-hybridized carbons (Fsp3) is 0.439. The largest absolute Gasteiger partial charge is 1.00 e. The van der Waals surface area contributed by atoms with Crippen molar-refractivity contribution >= 4 is 40.3 Å². The number of piperidine rings is 2. The van der Waals surface area contributed by atoms with E-state index in [2.05, 4.69) is 42.2 Å². The third-order valence-electron chi connectivity index (χ3n) is 12.4. The number of carbonyl (C=O) groups excluding carboxylic acids is 2. The van der Waals surface area contributed by atoms with Gasteiger partial charge in [0.15, 0.2) is 5.82 Å². The number of carbonyl (C=O) groups is 2. The Kier molecular flexibility index (Phi) is 10.8. The van der Waals surface area contributed by atoms with Gasteiger partial charge < -0.3 is 33.0 Å². The van der Waals surface area contributed by atoms with Crippen molar-refractivity contribution in [3.05, 3.63) is 82.5 Å². The summed E-state index contributed by atoms with van der Waals surface area (Å²) in [5.74, 6) is 0.587. The van der Waals surface area contributed by atoms with Gasteiger partial charge in [-0.3, -0.25) is 33.8 Å². The van der Waals surface area contributed by atoms with E-state index in [1.165, 1.54) is 4.57 Å². The molecule has 4 saturated heterocycles. The fourth-order valence-corrected chi connectivity index (χ4v) is 9.39. The first kappa shape index (κ1) is 39.3. The first-order valence-electron chi connectivity index (χ1n) is 19.8. The Morgan fingerprint density at radius 2 is 1.64 bits per heavy atom. The number of nitrogens with two attached hydrogens (primary N) is 1. The van der Waals surface area contributed by atoms with Gasteiger partial charge in [0.05, 0.1) is 22.4 Å². The minimum atomic E-state index is -0.691. The second-order valence-corrected chi connectivity index (χ2v) is 16.0. The Labute approximate surface area is 343 Å². The standard InChI is InChI=1S/C41H48N12O4.ClH/c1-48(21-25-7-10-32-34(17-25)49(2)41(57)53(32)33-11-12-37(55)45-39(33)56)27-13-15-50(16-14-27)22-26-19-43-40(44-20-26)52-28-8-9-29(52)24-51(23-28)35-18-31(46-47-38(35)42)30-5-3-4-6-36(30)54;/h3-7,10,17-20,27-29,33,54H,8-9,11-16,21-24H2,1-2H3,(H2,42,47)(H,45,55,56);1H. The number of imidazole rings is 1. The molecule has 7 heterocycles. The van der Waals surface area contributed by atoms with Crippen LogP contribution in [0.25, 0.3) is 22.3 Å². The maximum atomic E-state index is 13.2. The number of para-hydroxylation sites is 1. The Morgan fingerprint density at radius 3 is 2.34 bits per heavy atom. The molecular formula is C41H49ClN12O4. The van der Waals surface area contributed by atoms with Crippen molar-refractivity contribution in [2.24, 2.45) is 7.05 Å². The molecule has 4 aliphatic heterocycles. The number of imide groups is 1.